The Morgan fingerprint density at radius 3 is 2.52 bits per heavy atom. The monoisotopic (exact) mass is 332 g/mol. The SMILES string of the molecule is COC(=O)C[C@H]1CC[C@@H]2O[C@H]3[C@@H](O)[C@@H](CCO)O[C@H]3[C@@H](O)[C@H]2O1. The van der Waals surface area contributed by atoms with Crippen LogP contribution in [0.4, 0.5) is 0 Å². The van der Waals surface area contributed by atoms with Crippen molar-refractivity contribution in [1.29, 1.82) is 0 Å². The van der Waals surface area contributed by atoms with E-state index in [9.17, 15) is 15.0 Å². The van der Waals surface area contributed by atoms with E-state index in [1.807, 2.05) is 0 Å². The van der Waals surface area contributed by atoms with Crippen LogP contribution >= 0.6 is 0 Å². The summed E-state index contributed by atoms with van der Waals surface area (Å²) in [5.74, 6) is -0.354. The van der Waals surface area contributed by atoms with E-state index < -0.39 is 36.6 Å². The van der Waals surface area contributed by atoms with Gasteiger partial charge in [0, 0.05) is 6.61 Å². The summed E-state index contributed by atoms with van der Waals surface area (Å²) in [4.78, 5) is 11.4. The molecule has 3 aliphatic heterocycles. The fourth-order valence-corrected chi connectivity index (χ4v) is 3.71. The molecule has 0 amide bonds. The highest BCUT2D eigenvalue weighted by molar-refractivity contribution is 5.69. The van der Waals surface area contributed by atoms with Crippen molar-refractivity contribution < 1.29 is 39.1 Å². The minimum atomic E-state index is -0.947. The summed E-state index contributed by atoms with van der Waals surface area (Å²) in [6.07, 6.45) is -3.29. The van der Waals surface area contributed by atoms with Crippen molar-refractivity contribution in [3.8, 4) is 0 Å². The number of methoxy groups -OCH3 is 1. The predicted octanol–water partition coefficient (Wildman–Crippen LogP) is -1.26. The second-order valence-corrected chi connectivity index (χ2v) is 6.35. The molecule has 8 heteroatoms. The number of fused-ring (bicyclic) bond motifs is 2. The number of ether oxygens (including phenoxy) is 4. The van der Waals surface area contributed by atoms with Gasteiger partial charge in [-0.15, -0.1) is 0 Å². The van der Waals surface area contributed by atoms with Crippen LogP contribution in [-0.2, 0) is 23.7 Å². The molecule has 0 spiro atoms. The van der Waals surface area contributed by atoms with Gasteiger partial charge < -0.3 is 34.3 Å². The largest absolute Gasteiger partial charge is 0.469 e. The maximum atomic E-state index is 11.4. The Morgan fingerprint density at radius 1 is 1.09 bits per heavy atom. The molecule has 0 radical (unpaired) electrons. The van der Waals surface area contributed by atoms with E-state index in [4.69, 9.17) is 19.3 Å². The molecule has 0 aliphatic carbocycles. The van der Waals surface area contributed by atoms with Gasteiger partial charge in [-0.25, -0.2) is 0 Å². The first kappa shape index (κ1) is 17.1. The Balaban J connectivity index is 1.66. The van der Waals surface area contributed by atoms with Crippen molar-refractivity contribution >= 4 is 5.97 Å². The second-order valence-electron chi connectivity index (χ2n) is 6.35. The molecule has 0 aromatic heterocycles. The molecular weight excluding hydrogens is 308 g/mol. The van der Waals surface area contributed by atoms with Crippen LogP contribution in [0.15, 0.2) is 0 Å². The Hall–Kier alpha value is -0.770. The van der Waals surface area contributed by atoms with Gasteiger partial charge in [0.2, 0.25) is 0 Å². The number of carbonyl (C=O) groups is 1. The highest BCUT2D eigenvalue weighted by atomic mass is 16.6. The van der Waals surface area contributed by atoms with Gasteiger partial charge in [0.25, 0.3) is 0 Å². The van der Waals surface area contributed by atoms with E-state index in [1.165, 1.54) is 7.11 Å². The molecule has 23 heavy (non-hydrogen) atoms. The normalized spacial score (nSPS) is 46.1. The molecule has 3 aliphatic rings. The van der Waals surface area contributed by atoms with Crippen LogP contribution in [0.25, 0.3) is 0 Å². The molecule has 0 aromatic rings. The summed E-state index contributed by atoms with van der Waals surface area (Å²) >= 11 is 0. The highest BCUT2D eigenvalue weighted by Gasteiger charge is 2.56. The number of aliphatic hydroxyl groups excluding tert-OH is 3. The fraction of sp³-hybridized carbons (Fsp3) is 0.933. The second kappa shape index (κ2) is 7.00. The zero-order chi connectivity index (χ0) is 16.6. The Morgan fingerprint density at radius 2 is 1.83 bits per heavy atom. The van der Waals surface area contributed by atoms with Crippen LogP contribution in [0.1, 0.15) is 25.7 Å². The molecule has 0 unspecified atom stereocenters. The minimum Gasteiger partial charge on any atom is -0.469 e. The first-order valence-corrected chi connectivity index (χ1v) is 8.05. The van der Waals surface area contributed by atoms with Crippen LogP contribution in [0.2, 0.25) is 0 Å². The molecule has 0 saturated carbocycles. The molecule has 8 atom stereocenters. The van der Waals surface area contributed by atoms with Crippen molar-refractivity contribution in [2.24, 2.45) is 0 Å². The smallest absolute Gasteiger partial charge is 0.308 e. The third kappa shape index (κ3) is 3.24. The van der Waals surface area contributed by atoms with Crippen molar-refractivity contribution in [2.75, 3.05) is 13.7 Å². The predicted molar refractivity (Wildman–Crippen MR) is 75.6 cm³/mol. The lowest BCUT2D eigenvalue weighted by atomic mass is 9.88. The van der Waals surface area contributed by atoms with E-state index in [2.05, 4.69) is 4.74 Å². The number of carbonyl (C=O) groups excluding carboxylic acids is 1. The van der Waals surface area contributed by atoms with Crippen molar-refractivity contribution in [1.82, 2.24) is 0 Å². The Bertz CT molecular complexity index is 430. The van der Waals surface area contributed by atoms with Gasteiger partial charge in [0.05, 0.1) is 31.8 Å². The molecule has 3 heterocycles. The van der Waals surface area contributed by atoms with Crippen LogP contribution < -0.4 is 0 Å². The lowest BCUT2D eigenvalue weighted by molar-refractivity contribution is -0.259. The maximum absolute atomic E-state index is 11.4. The molecule has 3 N–H and O–H groups in total. The molecule has 132 valence electrons. The quantitative estimate of drug-likeness (QED) is 0.546. The van der Waals surface area contributed by atoms with Crippen LogP contribution in [0, 0.1) is 0 Å². The lowest BCUT2D eigenvalue weighted by Gasteiger charge is -2.46. The summed E-state index contributed by atoms with van der Waals surface area (Å²) < 4.78 is 22.0. The number of aliphatic hydroxyl groups is 3. The van der Waals surface area contributed by atoms with Gasteiger partial charge in [-0.05, 0) is 19.3 Å². The van der Waals surface area contributed by atoms with E-state index in [0.29, 0.717) is 12.8 Å². The molecule has 0 bridgehead atoms. The lowest BCUT2D eigenvalue weighted by Crippen LogP contribution is -2.61. The third-order valence-corrected chi connectivity index (χ3v) is 4.90. The third-order valence-electron chi connectivity index (χ3n) is 4.90. The van der Waals surface area contributed by atoms with Crippen LogP contribution in [0.5, 0.6) is 0 Å². The minimum absolute atomic E-state index is 0.109. The topological polar surface area (TPSA) is 115 Å². The first-order chi connectivity index (χ1) is 11.0. The zero-order valence-electron chi connectivity index (χ0n) is 13.0. The van der Waals surface area contributed by atoms with E-state index in [-0.39, 0.29) is 37.6 Å². The van der Waals surface area contributed by atoms with Crippen molar-refractivity contribution in [3.05, 3.63) is 0 Å². The van der Waals surface area contributed by atoms with Gasteiger partial charge in [-0.2, -0.15) is 0 Å². The Labute approximate surface area is 134 Å². The molecule has 3 rings (SSSR count). The summed E-state index contributed by atoms with van der Waals surface area (Å²) in [6, 6.07) is 0. The van der Waals surface area contributed by atoms with Gasteiger partial charge in [0.15, 0.2) is 0 Å². The average Bonchev–Trinajstić information content (AvgIpc) is 2.85. The van der Waals surface area contributed by atoms with Crippen molar-refractivity contribution in [2.45, 2.75) is 74.5 Å². The van der Waals surface area contributed by atoms with Crippen LogP contribution in [0.3, 0.4) is 0 Å². The molecule has 3 fully saturated rings. The maximum Gasteiger partial charge on any atom is 0.308 e. The first-order valence-electron chi connectivity index (χ1n) is 8.05. The average molecular weight is 332 g/mol. The number of hydrogen-bond acceptors (Lipinski definition) is 8. The fourth-order valence-electron chi connectivity index (χ4n) is 3.71. The van der Waals surface area contributed by atoms with E-state index in [1.54, 1.807) is 0 Å². The molecule has 8 nitrogen and oxygen atoms in total. The zero-order valence-corrected chi connectivity index (χ0v) is 13.0. The number of esters is 1. The Kier molecular flexibility index (Phi) is 5.19. The van der Waals surface area contributed by atoms with E-state index in [0.717, 1.165) is 0 Å². The molecule has 3 saturated heterocycles. The summed E-state index contributed by atoms with van der Waals surface area (Å²) in [5, 5.41) is 29.8. The molecule has 0 aromatic carbocycles. The summed E-state index contributed by atoms with van der Waals surface area (Å²) in [6.45, 7) is -0.109. The van der Waals surface area contributed by atoms with Gasteiger partial charge in [0.1, 0.15) is 30.5 Å². The van der Waals surface area contributed by atoms with Gasteiger partial charge >= 0.3 is 5.97 Å². The van der Waals surface area contributed by atoms with E-state index >= 15 is 0 Å². The van der Waals surface area contributed by atoms with Crippen molar-refractivity contribution in [3.63, 3.8) is 0 Å². The number of hydrogen-bond donors (Lipinski definition) is 3. The van der Waals surface area contributed by atoms with Crippen LogP contribution in [-0.4, -0.2) is 83.8 Å². The molecular formula is C15H24O8. The standard InChI is InChI=1S/C15H24O8/c1-20-10(17)6-7-2-3-9-13(21-7)12(19)15-14(23-9)11(18)8(22-15)4-5-16/h7-9,11-16,18-19H,2-6H2,1H3/t7-,8-,9+,11+,12+,13+,14+,15+/m1/s1. The summed E-state index contributed by atoms with van der Waals surface area (Å²) in [5.41, 5.74) is 0. The number of rotatable bonds is 4. The van der Waals surface area contributed by atoms with Gasteiger partial charge in [-0.1, -0.05) is 0 Å². The van der Waals surface area contributed by atoms with Gasteiger partial charge in [-0.3, -0.25) is 4.79 Å². The highest BCUT2D eigenvalue weighted by Crippen LogP contribution is 2.39. The summed E-state index contributed by atoms with van der Waals surface area (Å²) in [7, 11) is 1.33.